The lowest BCUT2D eigenvalue weighted by Gasteiger charge is -2.11. The Morgan fingerprint density at radius 2 is 2.15 bits per heavy atom. The van der Waals surface area contributed by atoms with Gasteiger partial charge in [0, 0.05) is 30.6 Å². The molecule has 5 heteroatoms. The smallest absolute Gasteiger partial charge is 0.223 e. The molecule has 106 valence electrons. The number of aromatic nitrogens is 2. The first-order chi connectivity index (χ1) is 9.69. The quantitative estimate of drug-likeness (QED) is 0.847. The summed E-state index contributed by atoms with van der Waals surface area (Å²) < 4.78 is 0. The molecule has 0 saturated heterocycles. The summed E-state index contributed by atoms with van der Waals surface area (Å²) in [7, 11) is 0. The summed E-state index contributed by atoms with van der Waals surface area (Å²) in [6.45, 7) is 4.57. The highest BCUT2D eigenvalue weighted by Crippen LogP contribution is 2.11. The van der Waals surface area contributed by atoms with E-state index in [0.717, 1.165) is 17.3 Å². The number of para-hydroxylation sites is 1. The zero-order valence-electron chi connectivity index (χ0n) is 11.9. The fraction of sp³-hybridized carbons (Fsp3) is 0.400. The maximum Gasteiger partial charge on any atom is 0.223 e. The minimum absolute atomic E-state index is 0.0487. The van der Waals surface area contributed by atoms with E-state index in [0.29, 0.717) is 18.9 Å². The van der Waals surface area contributed by atoms with Gasteiger partial charge in [-0.05, 0) is 19.4 Å². The van der Waals surface area contributed by atoms with Crippen molar-refractivity contribution in [3.8, 4) is 0 Å². The Balaban J connectivity index is 1.85. The first-order valence-electron chi connectivity index (χ1n) is 6.94. The normalized spacial score (nSPS) is 12.1. The summed E-state index contributed by atoms with van der Waals surface area (Å²) in [5.41, 5.74) is 0.897. The summed E-state index contributed by atoms with van der Waals surface area (Å²) in [6.07, 6.45) is 3.14. The van der Waals surface area contributed by atoms with Gasteiger partial charge in [0.15, 0.2) is 0 Å². The van der Waals surface area contributed by atoms with Crippen LogP contribution in [0, 0.1) is 0 Å². The third-order valence-electron chi connectivity index (χ3n) is 3.14. The van der Waals surface area contributed by atoms with Crippen molar-refractivity contribution in [1.82, 2.24) is 15.3 Å². The molecule has 20 heavy (non-hydrogen) atoms. The van der Waals surface area contributed by atoms with E-state index in [2.05, 4.69) is 20.6 Å². The number of carbonyl (C=O) groups excluding carboxylic acids is 1. The summed E-state index contributed by atoms with van der Waals surface area (Å²) in [5.74, 6) is 0.604. The van der Waals surface area contributed by atoms with E-state index < -0.39 is 0 Å². The lowest BCUT2D eigenvalue weighted by Crippen LogP contribution is -2.33. The largest absolute Gasteiger partial charge is 0.354 e. The van der Waals surface area contributed by atoms with Crippen LogP contribution in [0.25, 0.3) is 10.9 Å². The van der Waals surface area contributed by atoms with E-state index in [1.165, 1.54) is 0 Å². The molecule has 2 N–H and O–H groups in total. The molecule has 1 unspecified atom stereocenters. The Morgan fingerprint density at radius 1 is 1.35 bits per heavy atom. The van der Waals surface area contributed by atoms with Gasteiger partial charge in [0.2, 0.25) is 11.9 Å². The Bertz CT molecular complexity index is 585. The molecule has 5 nitrogen and oxygen atoms in total. The number of rotatable bonds is 6. The Morgan fingerprint density at radius 3 is 2.95 bits per heavy atom. The zero-order valence-corrected chi connectivity index (χ0v) is 11.9. The van der Waals surface area contributed by atoms with Crippen LogP contribution in [0.15, 0.2) is 30.5 Å². The van der Waals surface area contributed by atoms with Crippen LogP contribution >= 0.6 is 0 Å². The van der Waals surface area contributed by atoms with Crippen molar-refractivity contribution in [1.29, 1.82) is 0 Å². The number of hydrogen-bond acceptors (Lipinski definition) is 4. The second kappa shape index (κ2) is 6.84. The number of nitrogens with zero attached hydrogens (tertiary/aromatic N) is 2. The average molecular weight is 272 g/mol. The summed E-state index contributed by atoms with van der Waals surface area (Å²) in [5, 5.41) is 7.01. The summed E-state index contributed by atoms with van der Waals surface area (Å²) in [6, 6.07) is 8.03. The van der Waals surface area contributed by atoms with Crippen molar-refractivity contribution in [2.24, 2.45) is 0 Å². The molecular weight excluding hydrogens is 252 g/mol. The number of anilines is 1. The molecule has 0 saturated carbocycles. The van der Waals surface area contributed by atoms with Crippen molar-refractivity contribution < 1.29 is 4.79 Å². The third-order valence-corrected chi connectivity index (χ3v) is 3.14. The van der Waals surface area contributed by atoms with Crippen LogP contribution in [-0.2, 0) is 4.79 Å². The van der Waals surface area contributed by atoms with Gasteiger partial charge in [-0.25, -0.2) is 9.97 Å². The fourth-order valence-electron chi connectivity index (χ4n) is 1.79. The van der Waals surface area contributed by atoms with E-state index in [4.69, 9.17) is 0 Å². The number of hydrogen-bond donors (Lipinski definition) is 2. The highest BCUT2D eigenvalue weighted by molar-refractivity contribution is 5.78. The third kappa shape index (κ3) is 3.91. The molecule has 1 atom stereocenters. The minimum atomic E-state index is 0.0487. The van der Waals surface area contributed by atoms with E-state index in [-0.39, 0.29) is 11.9 Å². The van der Waals surface area contributed by atoms with Gasteiger partial charge in [0.1, 0.15) is 0 Å². The molecule has 0 fully saturated rings. The van der Waals surface area contributed by atoms with E-state index >= 15 is 0 Å². The van der Waals surface area contributed by atoms with Gasteiger partial charge in [-0.15, -0.1) is 0 Å². The van der Waals surface area contributed by atoms with Gasteiger partial charge >= 0.3 is 0 Å². The van der Waals surface area contributed by atoms with Gasteiger partial charge in [-0.1, -0.05) is 25.1 Å². The van der Waals surface area contributed by atoms with Crippen LogP contribution < -0.4 is 10.6 Å². The second-order valence-electron chi connectivity index (χ2n) is 4.81. The lowest BCUT2D eigenvalue weighted by molar-refractivity contribution is -0.121. The van der Waals surface area contributed by atoms with Crippen LogP contribution in [0.4, 0.5) is 5.95 Å². The van der Waals surface area contributed by atoms with Crippen LogP contribution in [-0.4, -0.2) is 28.5 Å². The molecule has 0 bridgehead atoms. The highest BCUT2D eigenvalue weighted by atomic mass is 16.1. The monoisotopic (exact) mass is 272 g/mol. The van der Waals surface area contributed by atoms with E-state index in [1.807, 2.05) is 38.1 Å². The topological polar surface area (TPSA) is 66.9 Å². The molecule has 0 aliphatic heterocycles. The zero-order chi connectivity index (χ0) is 14.4. The van der Waals surface area contributed by atoms with Crippen molar-refractivity contribution in [2.75, 3.05) is 11.9 Å². The SMILES string of the molecule is CCC(C)NC(=O)CCNc1ncc2ccccc2n1. The van der Waals surface area contributed by atoms with Crippen molar-refractivity contribution in [3.63, 3.8) is 0 Å². The Labute approximate surface area is 118 Å². The van der Waals surface area contributed by atoms with E-state index in [1.54, 1.807) is 6.20 Å². The maximum atomic E-state index is 11.6. The van der Waals surface area contributed by atoms with Crippen molar-refractivity contribution in [3.05, 3.63) is 30.5 Å². The van der Waals surface area contributed by atoms with Crippen LogP contribution in [0.2, 0.25) is 0 Å². The summed E-state index contributed by atoms with van der Waals surface area (Å²) in [4.78, 5) is 20.2. The second-order valence-corrected chi connectivity index (χ2v) is 4.81. The molecule has 1 aromatic carbocycles. The number of fused-ring (bicyclic) bond motifs is 1. The number of amides is 1. The number of carbonyl (C=O) groups is 1. The van der Waals surface area contributed by atoms with Crippen LogP contribution in [0.5, 0.6) is 0 Å². The van der Waals surface area contributed by atoms with Crippen LogP contribution in [0.3, 0.4) is 0 Å². The first-order valence-corrected chi connectivity index (χ1v) is 6.94. The van der Waals surface area contributed by atoms with Gasteiger partial charge in [-0.3, -0.25) is 4.79 Å². The standard InChI is InChI=1S/C15H20N4O/c1-3-11(2)18-14(20)8-9-16-15-17-10-12-6-4-5-7-13(12)19-15/h4-7,10-11H,3,8-9H2,1-2H3,(H,18,20)(H,16,17,19). The predicted octanol–water partition coefficient (Wildman–Crippen LogP) is 2.35. The maximum absolute atomic E-state index is 11.6. The molecule has 1 aromatic heterocycles. The minimum Gasteiger partial charge on any atom is -0.354 e. The van der Waals surface area contributed by atoms with E-state index in [9.17, 15) is 4.79 Å². The Hall–Kier alpha value is -2.17. The highest BCUT2D eigenvalue weighted by Gasteiger charge is 2.05. The molecule has 2 rings (SSSR count). The molecule has 1 amide bonds. The molecule has 2 aromatic rings. The van der Waals surface area contributed by atoms with Crippen molar-refractivity contribution in [2.45, 2.75) is 32.7 Å². The van der Waals surface area contributed by atoms with Gasteiger partial charge in [0.25, 0.3) is 0 Å². The predicted molar refractivity (Wildman–Crippen MR) is 80.5 cm³/mol. The van der Waals surface area contributed by atoms with Gasteiger partial charge in [0.05, 0.1) is 5.52 Å². The Kier molecular flexibility index (Phi) is 4.87. The molecule has 1 heterocycles. The van der Waals surface area contributed by atoms with Crippen LogP contribution in [0.1, 0.15) is 26.7 Å². The molecule has 0 radical (unpaired) electrons. The molecular formula is C15H20N4O. The average Bonchev–Trinajstić information content (AvgIpc) is 2.47. The lowest BCUT2D eigenvalue weighted by atomic mass is 10.2. The van der Waals surface area contributed by atoms with Gasteiger partial charge in [-0.2, -0.15) is 0 Å². The molecule has 0 aliphatic carbocycles. The molecule has 0 aliphatic rings. The number of benzene rings is 1. The molecule has 0 spiro atoms. The fourth-order valence-corrected chi connectivity index (χ4v) is 1.79. The van der Waals surface area contributed by atoms with Crippen molar-refractivity contribution >= 4 is 22.8 Å². The summed E-state index contributed by atoms with van der Waals surface area (Å²) >= 11 is 0. The first kappa shape index (κ1) is 14.2. The number of nitrogens with one attached hydrogen (secondary N) is 2. The van der Waals surface area contributed by atoms with Gasteiger partial charge < -0.3 is 10.6 Å².